The molecule has 1 aliphatic heterocycles. The molecule has 2 N–H and O–H groups in total. The first kappa shape index (κ1) is 15.5. The van der Waals surface area contributed by atoms with Crippen LogP contribution in [0, 0.1) is 5.82 Å². The summed E-state index contributed by atoms with van der Waals surface area (Å²) in [6, 6.07) is 9.78. The zero-order valence-electron chi connectivity index (χ0n) is 13.5. The predicted octanol–water partition coefficient (Wildman–Crippen LogP) is 3.05. The molecule has 0 atom stereocenters. The highest BCUT2D eigenvalue weighted by atomic mass is 19.1. The predicted molar refractivity (Wildman–Crippen MR) is 91.7 cm³/mol. The zero-order valence-corrected chi connectivity index (χ0v) is 13.5. The molecule has 0 spiro atoms. The number of carbonyl (C=O) groups is 1. The maximum atomic E-state index is 13.4. The van der Waals surface area contributed by atoms with Crippen LogP contribution in [0.15, 0.2) is 42.6 Å². The summed E-state index contributed by atoms with van der Waals surface area (Å²) in [6.07, 6.45) is 2.46. The molecule has 0 saturated heterocycles. The van der Waals surface area contributed by atoms with Crippen molar-refractivity contribution in [2.45, 2.75) is 6.42 Å². The van der Waals surface area contributed by atoms with Crippen LogP contribution in [-0.4, -0.2) is 30.6 Å². The number of carbonyl (C=O) groups excluding carboxylic acids is 1. The van der Waals surface area contributed by atoms with Crippen molar-refractivity contribution in [1.82, 2.24) is 10.3 Å². The molecule has 25 heavy (non-hydrogen) atoms. The fourth-order valence-electron chi connectivity index (χ4n) is 2.95. The molecule has 1 amide bonds. The standard InChI is InChI=1S/C19H17FN2O3/c20-14-2-3-16-15(10-14)13(11-22-16)5-6-21-19(23)12-1-4-17-18(9-12)25-8-7-24-17/h1-4,9-11,22H,5-8H2,(H,21,23). The Labute approximate surface area is 143 Å². The van der Waals surface area contributed by atoms with Crippen LogP contribution in [0.3, 0.4) is 0 Å². The van der Waals surface area contributed by atoms with Crippen LogP contribution < -0.4 is 14.8 Å². The van der Waals surface area contributed by atoms with E-state index in [2.05, 4.69) is 10.3 Å². The number of H-pyrrole nitrogens is 1. The third-order valence-electron chi connectivity index (χ3n) is 4.21. The topological polar surface area (TPSA) is 63.4 Å². The van der Waals surface area contributed by atoms with E-state index in [1.807, 2.05) is 6.20 Å². The lowest BCUT2D eigenvalue weighted by atomic mass is 10.1. The van der Waals surface area contributed by atoms with Gasteiger partial charge in [0.2, 0.25) is 0 Å². The summed E-state index contributed by atoms with van der Waals surface area (Å²) >= 11 is 0. The molecule has 0 saturated carbocycles. The second-order valence-electron chi connectivity index (χ2n) is 5.87. The number of fused-ring (bicyclic) bond motifs is 2. The van der Waals surface area contributed by atoms with Gasteiger partial charge in [0.25, 0.3) is 5.91 Å². The second-order valence-corrected chi connectivity index (χ2v) is 5.87. The fraction of sp³-hybridized carbons (Fsp3) is 0.211. The normalized spacial score (nSPS) is 13.0. The van der Waals surface area contributed by atoms with Crippen LogP contribution in [0.5, 0.6) is 11.5 Å². The van der Waals surface area contributed by atoms with Gasteiger partial charge in [-0.05, 0) is 48.4 Å². The van der Waals surface area contributed by atoms with Gasteiger partial charge in [-0.25, -0.2) is 4.39 Å². The Hall–Kier alpha value is -3.02. The largest absolute Gasteiger partial charge is 0.486 e. The molecule has 5 nitrogen and oxygen atoms in total. The summed E-state index contributed by atoms with van der Waals surface area (Å²) in [7, 11) is 0. The van der Waals surface area contributed by atoms with E-state index in [1.165, 1.54) is 12.1 Å². The Kier molecular flexibility index (Phi) is 4.01. The number of hydrogen-bond donors (Lipinski definition) is 2. The summed E-state index contributed by atoms with van der Waals surface area (Å²) in [4.78, 5) is 15.4. The van der Waals surface area contributed by atoms with Crippen molar-refractivity contribution >= 4 is 16.8 Å². The van der Waals surface area contributed by atoms with Gasteiger partial charge in [0.05, 0.1) is 0 Å². The minimum atomic E-state index is -0.270. The maximum absolute atomic E-state index is 13.4. The summed E-state index contributed by atoms with van der Waals surface area (Å²) in [5, 5.41) is 3.72. The first-order chi connectivity index (χ1) is 12.2. The Morgan fingerprint density at radius 3 is 2.84 bits per heavy atom. The van der Waals surface area contributed by atoms with E-state index in [0.29, 0.717) is 43.2 Å². The minimum Gasteiger partial charge on any atom is -0.486 e. The van der Waals surface area contributed by atoms with Crippen molar-refractivity contribution in [3.05, 3.63) is 59.5 Å². The maximum Gasteiger partial charge on any atom is 0.251 e. The van der Waals surface area contributed by atoms with Gasteiger partial charge in [0.15, 0.2) is 11.5 Å². The highest BCUT2D eigenvalue weighted by Crippen LogP contribution is 2.30. The average molecular weight is 340 g/mol. The van der Waals surface area contributed by atoms with Crippen molar-refractivity contribution < 1.29 is 18.7 Å². The molecule has 4 rings (SSSR count). The lowest BCUT2D eigenvalue weighted by molar-refractivity contribution is 0.0953. The average Bonchev–Trinajstić information content (AvgIpc) is 3.03. The third-order valence-corrected chi connectivity index (χ3v) is 4.21. The number of nitrogens with one attached hydrogen (secondary N) is 2. The van der Waals surface area contributed by atoms with Gasteiger partial charge in [-0.1, -0.05) is 0 Å². The minimum absolute atomic E-state index is 0.178. The summed E-state index contributed by atoms with van der Waals surface area (Å²) in [6.45, 7) is 1.45. The van der Waals surface area contributed by atoms with Crippen LogP contribution in [0.25, 0.3) is 10.9 Å². The van der Waals surface area contributed by atoms with Gasteiger partial charge in [0.1, 0.15) is 19.0 Å². The van der Waals surface area contributed by atoms with Crippen molar-refractivity contribution in [1.29, 1.82) is 0 Å². The Morgan fingerprint density at radius 2 is 1.96 bits per heavy atom. The van der Waals surface area contributed by atoms with Crippen LogP contribution in [0.4, 0.5) is 4.39 Å². The van der Waals surface area contributed by atoms with Crippen molar-refractivity contribution in [2.75, 3.05) is 19.8 Å². The first-order valence-corrected chi connectivity index (χ1v) is 8.14. The van der Waals surface area contributed by atoms with Gasteiger partial charge >= 0.3 is 0 Å². The number of aromatic nitrogens is 1. The highest BCUT2D eigenvalue weighted by Gasteiger charge is 2.15. The monoisotopic (exact) mass is 340 g/mol. The van der Waals surface area contributed by atoms with Crippen molar-refractivity contribution in [3.63, 3.8) is 0 Å². The molecule has 3 aromatic rings. The van der Waals surface area contributed by atoms with E-state index in [1.54, 1.807) is 24.3 Å². The summed E-state index contributed by atoms with van der Waals surface area (Å²) in [5.74, 6) is 0.797. The van der Waals surface area contributed by atoms with Gasteiger partial charge < -0.3 is 19.8 Å². The molecular weight excluding hydrogens is 323 g/mol. The summed E-state index contributed by atoms with van der Waals surface area (Å²) < 4.78 is 24.3. The van der Waals surface area contributed by atoms with E-state index in [4.69, 9.17) is 9.47 Å². The van der Waals surface area contributed by atoms with Crippen LogP contribution in [0.2, 0.25) is 0 Å². The molecule has 6 heteroatoms. The molecule has 0 radical (unpaired) electrons. The number of benzene rings is 2. The molecular formula is C19H17FN2O3. The van der Waals surface area contributed by atoms with E-state index in [9.17, 15) is 9.18 Å². The van der Waals surface area contributed by atoms with E-state index in [0.717, 1.165) is 16.5 Å². The highest BCUT2D eigenvalue weighted by molar-refractivity contribution is 5.95. The lowest BCUT2D eigenvalue weighted by Crippen LogP contribution is -2.26. The Morgan fingerprint density at radius 1 is 1.12 bits per heavy atom. The van der Waals surface area contributed by atoms with Gasteiger partial charge in [-0.15, -0.1) is 0 Å². The van der Waals surface area contributed by atoms with Crippen LogP contribution in [0.1, 0.15) is 15.9 Å². The lowest BCUT2D eigenvalue weighted by Gasteiger charge is -2.18. The SMILES string of the molecule is O=C(NCCc1c[nH]c2ccc(F)cc12)c1ccc2c(c1)OCCO2. The number of hydrogen-bond acceptors (Lipinski definition) is 3. The molecule has 128 valence electrons. The van der Waals surface area contributed by atoms with Gasteiger partial charge in [-0.2, -0.15) is 0 Å². The Balaban J connectivity index is 1.41. The molecule has 0 unspecified atom stereocenters. The molecule has 0 bridgehead atoms. The van der Waals surface area contributed by atoms with Gasteiger partial charge in [-0.3, -0.25) is 4.79 Å². The molecule has 0 aliphatic carbocycles. The van der Waals surface area contributed by atoms with E-state index < -0.39 is 0 Å². The van der Waals surface area contributed by atoms with Crippen molar-refractivity contribution in [2.24, 2.45) is 0 Å². The van der Waals surface area contributed by atoms with E-state index in [-0.39, 0.29) is 11.7 Å². The zero-order chi connectivity index (χ0) is 17.2. The number of halogens is 1. The number of rotatable bonds is 4. The first-order valence-electron chi connectivity index (χ1n) is 8.14. The number of ether oxygens (including phenoxy) is 2. The quantitative estimate of drug-likeness (QED) is 0.767. The molecule has 2 aromatic carbocycles. The number of aromatic amines is 1. The van der Waals surface area contributed by atoms with E-state index >= 15 is 0 Å². The second kappa shape index (κ2) is 6.47. The number of amides is 1. The fourth-order valence-corrected chi connectivity index (χ4v) is 2.95. The van der Waals surface area contributed by atoms with Crippen molar-refractivity contribution in [3.8, 4) is 11.5 Å². The smallest absolute Gasteiger partial charge is 0.251 e. The van der Waals surface area contributed by atoms with Crippen LogP contribution >= 0.6 is 0 Å². The third kappa shape index (κ3) is 3.15. The molecule has 2 heterocycles. The summed E-state index contributed by atoms with van der Waals surface area (Å²) in [5.41, 5.74) is 2.38. The van der Waals surface area contributed by atoms with Gasteiger partial charge in [0, 0.05) is 29.2 Å². The molecule has 1 aromatic heterocycles. The molecule has 0 fully saturated rings. The van der Waals surface area contributed by atoms with Crippen LogP contribution in [-0.2, 0) is 6.42 Å². The molecule has 1 aliphatic rings. The Bertz CT molecular complexity index is 936.